The third kappa shape index (κ3) is 1.79. The molecule has 0 unspecified atom stereocenters. The summed E-state index contributed by atoms with van der Waals surface area (Å²) in [6.45, 7) is -0.860. The number of rotatable bonds is 1. The molecule has 0 aliphatic carbocycles. The van der Waals surface area contributed by atoms with Crippen LogP contribution in [0.25, 0.3) is 0 Å². The lowest BCUT2D eigenvalue weighted by atomic mass is 10.1. The van der Waals surface area contributed by atoms with Gasteiger partial charge in [0.1, 0.15) is 5.82 Å². The molecular weight excluding hydrogens is 202 g/mol. The van der Waals surface area contributed by atoms with Crippen LogP contribution in [0.1, 0.15) is 11.1 Å². The highest BCUT2D eigenvalue weighted by atomic mass is 19.4. The van der Waals surface area contributed by atoms with E-state index in [0.717, 1.165) is 6.07 Å². The molecule has 0 fully saturated rings. The summed E-state index contributed by atoms with van der Waals surface area (Å²) >= 11 is 0. The lowest BCUT2D eigenvalue weighted by Gasteiger charge is -2.11. The fraction of sp³-hybridized carbons (Fsp3) is 0.250. The standard InChI is InChI=1S/C8H7F4NO/c9-7-4(3-14)6(13)2-1-5(7)8(10,11)12/h1-2,14H,3,13H2. The summed E-state index contributed by atoms with van der Waals surface area (Å²) in [5.74, 6) is -1.51. The van der Waals surface area contributed by atoms with E-state index in [9.17, 15) is 17.6 Å². The van der Waals surface area contributed by atoms with Crippen molar-refractivity contribution in [1.82, 2.24) is 0 Å². The molecule has 0 radical (unpaired) electrons. The first-order valence-electron chi connectivity index (χ1n) is 3.63. The number of aliphatic hydroxyl groups excluding tert-OH is 1. The molecule has 0 aromatic heterocycles. The minimum atomic E-state index is -4.78. The zero-order chi connectivity index (χ0) is 10.9. The van der Waals surface area contributed by atoms with Gasteiger partial charge in [0.05, 0.1) is 12.2 Å². The lowest BCUT2D eigenvalue weighted by molar-refractivity contribution is -0.140. The molecule has 0 atom stereocenters. The van der Waals surface area contributed by atoms with Crippen LogP contribution in [-0.2, 0) is 12.8 Å². The maximum absolute atomic E-state index is 13.1. The Bertz CT molecular complexity index is 348. The third-order valence-corrected chi connectivity index (χ3v) is 1.74. The molecular formula is C8H7F4NO. The maximum atomic E-state index is 13.1. The summed E-state index contributed by atoms with van der Waals surface area (Å²) in [6, 6.07) is 1.46. The van der Waals surface area contributed by atoms with Crippen molar-refractivity contribution < 1.29 is 22.7 Å². The van der Waals surface area contributed by atoms with Crippen molar-refractivity contribution in [3.63, 3.8) is 0 Å². The monoisotopic (exact) mass is 209 g/mol. The number of anilines is 1. The maximum Gasteiger partial charge on any atom is 0.419 e. The Hall–Kier alpha value is -1.30. The van der Waals surface area contributed by atoms with Crippen molar-refractivity contribution >= 4 is 5.69 Å². The molecule has 14 heavy (non-hydrogen) atoms. The van der Waals surface area contributed by atoms with Gasteiger partial charge in [0.15, 0.2) is 0 Å². The number of hydrogen-bond donors (Lipinski definition) is 2. The normalized spacial score (nSPS) is 11.8. The van der Waals surface area contributed by atoms with Gasteiger partial charge in [-0.05, 0) is 12.1 Å². The molecule has 0 saturated carbocycles. The average Bonchev–Trinajstić information content (AvgIpc) is 2.02. The first-order chi connectivity index (χ1) is 6.38. The van der Waals surface area contributed by atoms with Crippen molar-refractivity contribution in [2.45, 2.75) is 12.8 Å². The largest absolute Gasteiger partial charge is 0.419 e. The van der Waals surface area contributed by atoms with Gasteiger partial charge >= 0.3 is 6.18 Å². The summed E-state index contributed by atoms with van der Waals surface area (Å²) in [5, 5.41) is 8.60. The number of alkyl halides is 3. The Labute approximate surface area is 77.0 Å². The van der Waals surface area contributed by atoms with E-state index in [4.69, 9.17) is 10.8 Å². The fourth-order valence-electron chi connectivity index (χ4n) is 1.02. The van der Waals surface area contributed by atoms with E-state index in [2.05, 4.69) is 0 Å². The summed E-state index contributed by atoms with van der Waals surface area (Å²) in [4.78, 5) is 0. The van der Waals surface area contributed by atoms with Crippen molar-refractivity contribution in [3.8, 4) is 0 Å². The zero-order valence-corrected chi connectivity index (χ0v) is 6.90. The van der Waals surface area contributed by atoms with Crippen LogP contribution in [0.15, 0.2) is 12.1 Å². The molecule has 0 bridgehead atoms. The van der Waals surface area contributed by atoms with E-state index in [0.29, 0.717) is 6.07 Å². The van der Waals surface area contributed by atoms with Gasteiger partial charge in [-0.2, -0.15) is 13.2 Å². The van der Waals surface area contributed by atoms with Crippen molar-refractivity contribution in [1.29, 1.82) is 0 Å². The van der Waals surface area contributed by atoms with Crippen molar-refractivity contribution in [2.75, 3.05) is 5.73 Å². The Kier molecular flexibility index (Phi) is 2.66. The van der Waals surface area contributed by atoms with Crippen LogP contribution in [0.4, 0.5) is 23.2 Å². The van der Waals surface area contributed by atoms with Gasteiger partial charge < -0.3 is 10.8 Å². The fourth-order valence-corrected chi connectivity index (χ4v) is 1.02. The minimum Gasteiger partial charge on any atom is -0.398 e. The smallest absolute Gasteiger partial charge is 0.398 e. The topological polar surface area (TPSA) is 46.2 Å². The highest BCUT2D eigenvalue weighted by Crippen LogP contribution is 2.34. The van der Waals surface area contributed by atoms with E-state index in [-0.39, 0.29) is 5.69 Å². The SMILES string of the molecule is Nc1ccc(C(F)(F)F)c(F)c1CO. The number of nitrogens with two attached hydrogens (primary N) is 1. The molecule has 0 spiro atoms. The molecule has 1 aromatic carbocycles. The Balaban J connectivity index is 3.36. The summed E-state index contributed by atoms with van der Waals surface area (Å²) in [5.41, 5.74) is 3.03. The van der Waals surface area contributed by atoms with Gasteiger partial charge in [-0.1, -0.05) is 0 Å². The van der Waals surface area contributed by atoms with Crippen LogP contribution >= 0.6 is 0 Å². The highest BCUT2D eigenvalue weighted by molar-refractivity contribution is 5.49. The van der Waals surface area contributed by atoms with E-state index in [1.54, 1.807) is 0 Å². The van der Waals surface area contributed by atoms with Crippen LogP contribution < -0.4 is 5.73 Å². The van der Waals surface area contributed by atoms with Gasteiger partial charge in [-0.25, -0.2) is 4.39 Å². The van der Waals surface area contributed by atoms with Crippen LogP contribution in [0, 0.1) is 5.82 Å². The quantitative estimate of drug-likeness (QED) is 0.548. The second kappa shape index (κ2) is 3.45. The molecule has 2 nitrogen and oxygen atoms in total. The second-order valence-electron chi connectivity index (χ2n) is 2.65. The number of aliphatic hydroxyl groups is 1. The number of benzene rings is 1. The van der Waals surface area contributed by atoms with Crippen LogP contribution in [-0.4, -0.2) is 5.11 Å². The molecule has 6 heteroatoms. The lowest BCUT2D eigenvalue weighted by Crippen LogP contribution is -2.11. The van der Waals surface area contributed by atoms with Gasteiger partial charge in [-0.3, -0.25) is 0 Å². The molecule has 0 saturated heterocycles. The van der Waals surface area contributed by atoms with E-state index in [1.165, 1.54) is 0 Å². The summed E-state index contributed by atoms with van der Waals surface area (Å²) < 4.78 is 49.5. The van der Waals surface area contributed by atoms with E-state index >= 15 is 0 Å². The van der Waals surface area contributed by atoms with E-state index < -0.39 is 29.7 Å². The van der Waals surface area contributed by atoms with Gasteiger partial charge in [-0.15, -0.1) is 0 Å². The number of nitrogen functional groups attached to an aromatic ring is 1. The van der Waals surface area contributed by atoms with Gasteiger partial charge in [0, 0.05) is 11.3 Å². The number of hydrogen-bond acceptors (Lipinski definition) is 2. The number of halogens is 4. The average molecular weight is 209 g/mol. The zero-order valence-electron chi connectivity index (χ0n) is 6.90. The first-order valence-corrected chi connectivity index (χ1v) is 3.63. The molecule has 1 aromatic rings. The van der Waals surface area contributed by atoms with Gasteiger partial charge in [0.2, 0.25) is 0 Å². The molecule has 0 amide bonds. The predicted molar refractivity (Wildman–Crippen MR) is 41.7 cm³/mol. The molecule has 0 aliphatic rings. The van der Waals surface area contributed by atoms with Gasteiger partial charge in [0.25, 0.3) is 0 Å². The Morgan fingerprint density at radius 1 is 1.29 bits per heavy atom. The second-order valence-corrected chi connectivity index (χ2v) is 2.65. The van der Waals surface area contributed by atoms with Crippen molar-refractivity contribution in [2.24, 2.45) is 0 Å². The van der Waals surface area contributed by atoms with Crippen LogP contribution in [0.5, 0.6) is 0 Å². The Morgan fingerprint density at radius 3 is 2.29 bits per heavy atom. The Morgan fingerprint density at radius 2 is 1.86 bits per heavy atom. The molecule has 1 rings (SSSR count). The summed E-state index contributed by atoms with van der Waals surface area (Å²) in [7, 11) is 0. The van der Waals surface area contributed by atoms with E-state index in [1.807, 2.05) is 0 Å². The highest BCUT2D eigenvalue weighted by Gasteiger charge is 2.35. The molecule has 0 heterocycles. The molecule has 0 aliphatic heterocycles. The first kappa shape index (κ1) is 10.8. The minimum absolute atomic E-state index is 0.196. The third-order valence-electron chi connectivity index (χ3n) is 1.74. The van der Waals surface area contributed by atoms with Crippen molar-refractivity contribution in [3.05, 3.63) is 29.1 Å². The van der Waals surface area contributed by atoms with Crippen LogP contribution in [0.3, 0.4) is 0 Å². The molecule has 3 N–H and O–H groups in total. The van der Waals surface area contributed by atoms with Crippen LogP contribution in [0.2, 0.25) is 0 Å². The predicted octanol–water partition coefficient (Wildman–Crippen LogP) is 1.92. The summed E-state index contributed by atoms with van der Waals surface area (Å²) in [6.07, 6.45) is -4.78. The molecule has 78 valence electrons.